The second-order valence-corrected chi connectivity index (χ2v) is 13.8. The van der Waals surface area contributed by atoms with Crippen LogP contribution in [0.25, 0.3) is 27.7 Å². The molecule has 0 aliphatic heterocycles. The van der Waals surface area contributed by atoms with E-state index in [4.69, 9.17) is 10.2 Å². The highest BCUT2D eigenvalue weighted by Crippen LogP contribution is 2.30. The van der Waals surface area contributed by atoms with Crippen molar-refractivity contribution < 1.29 is 8.42 Å². The topological polar surface area (TPSA) is 96.1 Å². The van der Waals surface area contributed by atoms with Crippen LogP contribution < -0.4 is 5.56 Å². The number of nitrogens with zero attached hydrogens (tertiary/aromatic N) is 4. The molecular formula is C35H34N4O3S. The Labute approximate surface area is 252 Å². The minimum atomic E-state index is -3.91. The quantitative estimate of drug-likeness (QED) is 0.214. The van der Waals surface area contributed by atoms with Gasteiger partial charge in [0.15, 0.2) is 0 Å². The third-order valence-electron chi connectivity index (χ3n) is 7.85. The largest absolute Gasteiger partial charge is 0.268 e. The molecule has 5 rings (SSSR count). The fourth-order valence-electron chi connectivity index (χ4n) is 5.01. The van der Waals surface area contributed by atoms with Gasteiger partial charge in [0.25, 0.3) is 5.56 Å². The van der Waals surface area contributed by atoms with Gasteiger partial charge in [-0.2, -0.15) is 9.57 Å². The van der Waals surface area contributed by atoms with Gasteiger partial charge in [-0.3, -0.25) is 9.36 Å². The lowest BCUT2D eigenvalue weighted by Crippen LogP contribution is -2.35. The van der Waals surface area contributed by atoms with Crippen LogP contribution in [-0.4, -0.2) is 29.3 Å². The number of aromatic nitrogens is 2. The first-order chi connectivity index (χ1) is 20.3. The molecule has 7 nitrogen and oxygen atoms in total. The van der Waals surface area contributed by atoms with E-state index in [1.54, 1.807) is 43.3 Å². The summed E-state index contributed by atoms with van der Waals surface area (Å²) in [5.74, 6) is 0.310. The van der Waals surface area contributed by atoms with Gasteiger partial charge < -0.3 is 0 Å². The summed E-state index contributed by atoms with van der Waals surface area (Å²) in [5.41, 5.74) is 4.94. The van der Waals surface area contributed by atoms with Crippen LogP contribution in [0.1, 0.15) is 56.3 Å². The molecule has 218 valence electrons. The van der Waals surface area contributed by atoms with E-state index in [9.17, 15) is 13.2 Å². The maximum atomic E-state index is 14.2. The number of fused-ring (bicyclic) bond motifs is 1. The number of rotatable bonds is 6. The van der Waals surface area contributed by atoms with E-state index in [2.05, 4.69) is 26.8 Å². The minimum absolute atomic E-state index is 0.111. The molecule has 0 bridgehead atoms. The molecule has 8 heteroatoms. The van der Waals surface area contributed by atoms with Crippen LogP contribution in [0.4, 0.5) is 0 Å². The molecule has 0 saturated heterocycles. The van der Waals surface area contributed by atoms with Gasteiger partial charge in [-0.05, 0) is 84.5 Å². The number of hydrogen-bond acceptors (Lipinski definition) is 5. The van der Waals surface area contributed by atoms with E-state index in [0.717, 1.165) is 22.3 Å². The van der Waals surface area contributed by atoms with Gasteiger partial charge in [0, 0.05) is 7.05 Å². The van der Waals surface area contributed by atoms with Crippen LogP contribution in [0.3, 0.4) is 0 Å². The summed E-state index contributed by atoms with van der Waals surface area (Å²) in [7, 11) is -2.40. The Hall–Kier alpha value is -4.58. The van der Waals surface area contributed by atoms with Crippen LogP contribution in [0, 0.1) is 18.3 Å². The molecule has 0 N–H and O–H groups in total. The highest BCUT2D eigenvalue weighted by molar-refractivity contribution is 7.89. The van der Waals surface area contributed by atoms with E-state index < -0.39 is 16.1 Å². The first-order valence-electron chi connectivity index (χ1n) is 14.0. The molecule has 0 amide bonds. The Morgan fingerprint density at radius 1 is 0.884 bits per heavy atom. The Balaban J connectivity index is 1.64. The molecule has 0 aliphatic rings. The maximum absolute atomic E-state index is 14.2. The third kappa shape index (κ3) is 5.74. The summed E-state index contributed by atoms with van der Waals surface area (Å²) in [4.78, 5) is 19.3. The van der Waals surface area contributed by atoms with Crippen molar-refractivity contribution in [1.29, 1.82) is 5.26 Å². The fraction of sp³-hybridized carbons (Fsp3) is 0.229. The predicted octanol–water partition coefficient (Wildman–Crippen LogP) is 6.91. The van der Waals surface area contributed by atoms with Crippen molar-refractivity contribution in [2.24, 2.45) is 0 Å². The van der Waals surface area contributed by atoms with Crippen LogP contribution in [0.15, 0.2) is 101 Å². The van der Waals surface area contributed by atoms with Crippen molar-refractivity contribution in [3.05, 3.63) is 124 Å². The number of benzene rings is 4. The standard InChI is InChI=1S/C35H34N4O3S/c1-23-7-16-29(17-8-23)39-33(24(2)38(6)43(41,42)30-18-14-28(15-19-30)35(3,4)5)37-32-20-13-27(21-31(32)34(39)40)26-11-9-25(22-36)10-12-26/h7-21,24H,1-6H3. The molecule has 5 aromatic rings. The molecule has 0 fully saturated rings. The molecule has 1 heterocycles. The molecule has 1 atom stereocenters. The summed E-state index contributed by atoms with van der Waals surface area (Å²) in [6.07, 6.45) is 0. The summed E-state index contributed by atoms with van der Waals surface area (Å²) in [5, 5.41) is 9.56. The van der Waals surface area contributed by atoms with E-state index in [-0.39, 0.29) is 15.9 Å². The van der Waals surface area contributed by atoms with Crippen molar-refractivity contribution >= 4 is 20.9 Å². The van der Waals surface area contributed by atoms with Crippen LogP contribution in [0.2, 0.25) is 0 Å². The summed E-state index contributed by atoms with van der Waals surface area (Å²) >= 11 is 0. The average Bonchev–Trinajstić information content (AvgIpc) is 3.00. The maximum Gasteiger partial charge on any atom is 0.266 e. The summed E-state index contributed by atoms with van der Waals surface area (Å²) in [6.45, 7) is 9.93. The Morgan fingerprint density at radius 3 is 2.07 bits per heavy atom. The normalized spacial score (nSPS) is 12.8. The molecule has 0 spiro atoms. The highest BCUT2D eigenvalue weighted by atomic mass is 32.2. The second kappa shape index (κ2) is 11.3. The average molecular weight is 591 g/mol. The molecule has 4 aromatic carbocycles. The molecule has 0 saturated carbocycles. The van der Waals surface area contributed by atoms with Gasteiger partial charge in [0.2, 0.25) is 10.0 Å². The lowest BCUT2D eigenvalue weighted by atomic mass is 9.87. The van der Waals surface area contributed by atoms with Crippen molar-refractivity contribution in [2.75, 3.05) is 7.05 Å². The SMILES string of the molecule is Cc1ccc(-n2c(C(C)N(C)S(=O)(=O)c3ccc(C(C)(C)C)cc3)nc3ccc(-c4ccc(C#N)cc4)cc3c2=O)cc1. The molecule has 43 heavy (non-hydrogen) atoms. The molecule has 0 radical (unpaired) electrons. The monoisotopic (exact) mass is 590 g/mol. The van der Waals surface area contributed by atoms with Gasteiger partial charge in [-0.1, -0.05) is 68.8 Å². The third-order valence-corrected chi connectivity index (χ3v) is 9.79. The van der Waals surface area contributed by atoms with Gasteiger partial charge in [0.1, 0.15) is 5.82 Å². The van der Waals surface area contributed by atoms with Gasteiger partial charge in [-0.25, -0.2) is 13.4 Å². The number of hydrogen-bond donors (Lipinski definition) is 0. The van der Waals surface area contributed by atoms with E-state index in [1.165, 1.54) is 15.9 Å². The first kappa shape index (κ1) is 29.9. The number of nitriles is 1. The zero-order valence-electron chi connectivity index (χ0n) is 25.2. The van der Waals surface area contributed by atoms with Crippen LogP contribution in [0.5, 0.6) is 0 Å². The van der Waals surface area contributed by atoms with E-state index in [0.29, 0.717) is 28.0 Å². The smallest absolute Gasteiger partial charge is 0.266 e. The Morgan fingerprint density at radius 2 is 1.49 bits per heavy atom. The summed E-state index contributed by atoms with van der Waals surface area (Å²) < 4.78 is 30.3. The fourth-order valence-corrected chi connectivity index (χ4v) is 6.33. The predicted molar refractivity (Wildman–Crippen MR) is 171 cm³/mol. The molecule has 0 aliphatic carbocycles. The van der Waals surface area contributed by atoms with Crippen molar-refractivity contribution in [2.45, 2.75) is 51.0 Å². The van der Waals surface area contributed by atoms with E-state index in [1.807, 2.05) is 61.5 Å². The zero-order chi connectivity index (χ0) is 31.1. The summed E-state index contributed by atoms with van der Waals surface area (Å²) in [6, 6.07) is 28.4. The Kier molecular flexibility index (Phi) is 7.82. The molecule has 1 aromatic heterocycles. The van der Waals surface area contributed by atoms with Gasteiger partial charge >= 0.3 is 0 Å². The van der Waals surface area contributed by atoms with Crippen molar-refractivity contribution in [1.82, 2.24) is 13.9 Å². The van der Waals surface area contributed by atoms with Crippen LogP contribution >= 0.6 is 0 Å². The minimum Gasteiger partial charge on any atom is -0.268 e. The highest BCUT2D eigenvalue weighted by Gasteiger charge is 2.30. The van der Waals surface area contributed by atoms with Gasteiger partial charge in [-0.15, -0.1) is 0 Å². The first-order valence-corrected chi connectivity index (χ1v) is 15.5. The van der Waals surface area contributed by atoms with Crippen LogP contribution in [-0.2, 0) is 15.4 Å². The zero-order valence-corrected chi connectivity index (χ0v) is 26.0. The van der Waals surface area contributed by atoms with Gasteiger partial charge in [0.05, 0.1) is 39.2 Å². The number of sulfonamides is 1. The Bertz CT molecular complexity index is 2020. The van der Waals surface area contributed by atoms with Crippen molar-refractivity contribution in [3.8, 4) is 22.9 Å². The van der Waals surface area contributed by atoms with E-state index >= 15 is 0 Å². The molecule has 1 unspecified atom stereocenters. The van der Waals surface area contributed by atoms with Crippen molar-refractivity contribution in [3.63, 3.8) is 0 Å². The number of aryl methyl sites for hydroxylation is 1. The lowest BCUT2D eigenvalue weighted by molar-refractivity contribution is 0.379. The molecular weight excluding hydrogens is 556 g/mol. The second-order valence-electron chi connectivity index (χ2n) is 11.8. The lowest BCUT2D eigenvalue weighted by Gasteiger charge is -2.27.